The number of aryl methyl sites for hydroxylation is 1. The third-order valence-corrected chi connectivity index (χ3v) is 4.29. The van der Waals surface area contributed by atoms with Crippen molar-refractivity contribution in [2.75, 3.05) is 0 Å². The van der Waals surface area contributed by atoms with Gasteiger partial charge in [-0.15, -0.1) is 0 Å². The van der Waals surface area contributed by atoms with E-state index in [0.29, 0.717) is 5.92 Å². The van der Waals surface area contributed by atoms with Gasteiger partial charge in [-0.2, -0.15) is 0 Å². The molecular formula is C17H19Br. The molecule has 0 aliphatic carbocycles. The van der Waals surface area contributed by atoms with Crippen LogP contribution in [0.25, 0.3) is 0 Å². The van der Waals surface area contributed by atoms with E-state index in [9.17, 15) is 0 Å². The Morgan fingerprint density at radius 3 is 2.00 bits per heavy atom. The predicted octanol–water partition coefficient (Wildman–Crippen LogP) is 5.60. The van der Waals surface area contributed by atoms with Crippen molar-refractivity contribution >= 4 is 15.9 Å². The van der Waals surface area contributed by atoms with Crippen molar-refractivity contribution in [3.8, 4) is 0 Å². The maximum absolute atomic E-state index is 3.79. The Morgan fingerprint density at radius 2 is 1.44 bits per heavy atom. The molecule has 2 aromatic carbocycles. The third-order valence-electron chi connectivity index (χ3n) is 3.23. The summed E-state index contributed by atoms with van der Waals surface area (Å²) in [5.41, 5.74) is 5.32. The van der Waals surface area contributed by atoms with E-state index in [0.717, 1.165) is 0 Å². The highest BCUT2D eigenvalue weighted by Gasteiger charge is 2.10. The van der Waals surface area contributed by atoms with Gasteiger partial charge in [-0.25, -0.2) is 0 Å². The fourth-order valence-electron chi connectivity index (χ4n) is 2.07. The maximum Gasteiger partial charge on any atom is 0.0644 e. The topological polar surface area (TPSA) is 0 Å². The second-order valence-electron chi connectivity index (χ2n) is 5.10. The van der Waals surface area contributed by atoms with Crippen LogP contribution < -0.4 is 0 Å². The van der Waals surface area contributed by atoms with Gasteiger partial charge in [-0.1, -0.05) is 83.9 Å². The summed E-state index contributed by atoms with van der Waals surface area (Å²) >= 11 is 3.79. The van der Waals surface area contributed by atoms with Crippen molar-refractivity contribution in [2.45, 2.75) is 31.5 Å². The quantitative estimate of drug-likeness (QED) is 0.647. The second-order valence-corrected chi connectivity index (χ2v) is 6.01. The lowest BCUT2D eigenvalue weighted by Crippen LogP contribution is -1.94. The van der Waals surface area contributed by atoms with Gasteiger partial charge < -0.3 is 0 Å². The number of halogens is 1. The van der Waals surface area contributed by atoms with E-state index in [1.54, 1.807) is 0 Å². The fraction of sp³-hybridized carbons (Fsp3) is 0.294. The lowest BCUT2D eigenvalue weighted by Gasteiger charge is -2.13. The SMILES string of the molecule is Cc1cccc(C(Br)c2ccc(C(C)C)cc2)c1. The van der Waals surface area contributed by atoms with Crippen molar-refractivity contribution in [1.82, 2.24) is 0 Å². The zero-order valence-corrected chi connectivity index (χ0v) is 12.7. The second kappa shape index (κ2) is 5.71. The van der Waals surface area contributed by atoms with Gasteiger partial charge in [-0.3, -0.25) is 0 Å². The van der Waals surface area contributed by atoms with Gasteiger partial charge >= 0.3 is 0 Å². The zero-order chi connectivity index (χ0) is 13.1. The zero-order valence-electron chi connectivity index (χ0n) is 11.2. The first-order valence-corrected chi connectivity index (χ1v) is 7.30. The van der Waals surface area contributed by atoms with Gasteiger partial charge in [0.1, 0.15) is 0 Å². The molecule has 0 radical (unpaired) electrons. The summed E-state index contributed by atoms with van der Waals surface area (Å²) in [4.78, 5) is 0.276. The lowest BCUT2D eigenvalue weighted by molar-refractivity contribution is 0.865. The summed E-state index contributed by atoms with van der Waals surface area (Å²) in [6.07, 6.45) is 0. The average molecular weight is 303 g/mol. The van der Waals surface area contributed by atoms with Crippen molar-refractivity contribution in [2.24, 2.45) is 0 Å². The van der Waals surface area contributed by atoms with Crippen molar-refractivity contribution in [3.05, 3.63) is 70.8 Å². The van der Waals surface area contributed by atoms with Crippen molar-refractivity contribution in [1.29, 1.82) is 0 Å². The van der Waals surface area contributed by atoms with Gasteiger partial charge in [-0.05, 0) is 29.5 Å². The summed E-state index contributed by atoms with van der Waals surface area (Å²) in [6, 6.07) is 17.5. The molecule has 0 aliphatic rings. The largest absolute Gasteiger partial charge is 0.0786 e. The first-order chi connectivity index (χ1) is 8.58. The van der Waals surface area contributed by atoms with E-state index in [-0.39, 0.29) is 4.83 Å². The van der Waals surface area contributed by atoms with E-state index in [1.165, 1.54) is 22.3 Å². The molecule has 0 bridgehead atoms. The molecule has 1 atom stereocenters. The van der Waals surface area contributed by atoms with E-state index in [2.05, 4.69) is 85.2 Å². The molecule has 0 aliphatic heterocycles. The fourth-order valence-corrected chi connectivity index (χ4v) is 2.66. The molecule has 0 saturated heterocycles. The Hall–Kier alpha value is -1.08. The average Bonchev–Trinajstić information content (AvgIpc) is 2.38. The van der Waals surface area contributed by atoms with Gasteiger partial charge in [0, 0.05) is 0 Å². The molecule has 2 aromatic rings. The summed E-state index contributed by atoms with van der Waals surface area (Å²) in [6.45, 7) is 6.58. The molecule has 0 saturated carbocycles. The van der Waals surface area contributed by atoms with Crippen LogP contribution in [0.1, 0.15) is 46.8 Å². The summed E-state index contributed by atoms with van der Waals surface area (Å²) in [7, 11) is 0. The molecule has 0 fully saturated rings. The van der Waals surface area contributed by atoms with Crippen LogP contribution in [0.5, 0.6) is 0 Å². The smallest absolute Gasteiger partial charge is 0.0644 e. The summed E-state index contributed by atoms with van der Waals surface area (Å²) in [5.74, 6) is 0.590. The minimum absolute atomic E-state index is 0.276. The Bertz CT molecular complexity index is 511. The highest BCUT2D eigenvalue weighted by Crippen LogP contribution is 2.31. The molecule has 0 N–H and O–H groups in total. The van der Waals surface area contributed by atoms with Crippen LogP contribution in [0, 0.1) is 6.92 Å². The molecule has 2 rings (SSSR count). The highest BCUT2D eigenvalue weighted by molar-refractivity contribution is 9.09. The monoisotopic (exact) mass is 302 g/mol. The summed E-state index contributed by atoms with van der Waals surface area (Å²) < 4.78 is 0. The van der Waals surface area contributed by atoms with Crippen LogP contribution in [0.4, 0.5) is 0 Å². The number of alkyl halides is 1. The van der Waals surface area contributed by atoms with Gasteiger partial charge in [0.25, 0.3) is 0 Å². The highest BCUT2D eigenvalue weighted by atomic mass is 79.9. The molecule has 18 heavy (non-hydrogen) atoms. The predicted molar refractivity (Wildman–Crippen MR) is 82.5 cm³/mol. The summed E-state index contributed by atoms with van der Waals surface area (Å²) in [5, 5.41) is 0. The normalized spacial score (nSPS) is 12.7. The molecule has 1 unspecified atom stereocenters. The Morgan fingerprint density at radius 1 is 0.833 bits per heavy atom. The van der Waals surface area contributed by atoms with E-state index in [4.69, 9.17) is 0 Å². The minimum Gasteiger partial charge on any atom is -0.0786 e. The van der Waals surface area contributed by atoms with Crippen LogP contribution in [0.2, 0.25) is 0 Å². The number of rotatable bonds is 3. The van der Waals surface area contributed by atoms with Crippen LogP contribution in [-0.2, 0) is 0 Å². The molecule has 1 heteroatoms. The Balaban J connectivity index is 2.26. The van der Waals surface area contributed by atoms with Crippen molar-refractivity contribution < 1.29 is 0 Å². The minimum atomic E-state index is 0.276. The maximum atomic E-state index is 3.79. The Labute approximate surface area is 118 Å². The first kappa shape index (κ1) is 13.4. The van der Waals surface area contributed by atoms with Crippen molar-refractivity contribution in [3.63, 3.8) is 0 Å². The van der Waals surface area contributed by atoms with Gasteiger partial charge in [0.15, 0.2) is 0 Å². The van der Waals surface area contributed by atoms with E-state index < -0.39 is 0 Å². The molecule has 94 valence electrons. The van der Waals surface area contributed by atoms with Crippen LogP contribution in [0.15, 0.2) is 48.5 Å². The van der Waals surface area contributed by atoms with Crippen LogP contribution in [-0.4, -0.2) is 0 Å². The Kier molecular flexibility index (Phi) is 4.23. The molecule has 0 aromatic heterocycles. The van der Waals surface area contributed by atoms with Crippen LogP contribution >= 0.6 is 15.9 Å². The molecule has 0 nitrogen and oxygen atoms in total. The standard InChI is InChI=1S/C17H19Br/c1-12(2)14-7-9-15(10-8-14)17(18)16-6-4-5-13(3)11-16/h4-12,17H,1-3H3. The molecule has 0 spiro atoms. The first-order valence-electron chi connectivity index (χ1n) is 6.38. The number of benzene rings is 2. The van der Waals surface area contributed by atoms with E-state index in [1.807, 2.05) is 0 Å². The molecular weight excluding hydrogens is 284 g/mol. The molecule has 0 heterocycles. The van der Waals surface area contributed by atoms with Crippen LogP contribution in [0.3, 0.4) is 0 Å². The third kappa shape index (κ3) is 3.02. The lowest BCUT2D eigenvalue weighted by atomic mass is 9.98. The molecule has 0 amide bonds. The number of hydrogen-bond donors (Lipinski definition) is 0. The number of hydrogen-bond acceptors (Lipinski definition) is 0. The van der Waals surface area contributed by atoms with E-state index >= 15 is 0 Å². The van der Waals surface area contributed by atoms with Gasteiger partial charge in [0.05, 0.1) is 4.83 Å². The van der Waals surface area contributed by atoms with Gasteiger partial charge in [0.2, 0.25) is 0 Å².